The van der Waals surface area contributed by atoms with Gasteiger partial charge in [0.15, 0.2) is 5.58 Å². The number of carbonyl (C=O) groups excluding carboxylic acids is 1. The largest absolute Gasteiger partial charge is 0.417 e. The lowest BCUT2D eigenvalue weighted by Crippen LogP contribution is -2.11. The molecule has 90 valence electrons. The molecular weight excluding hydrogens is 220 g/mol. The van der Waals surface area contributed by atoms with Crippen LogP contribution < -0.4 is 11.5 Å². The summed E-state index contributed by atoms with van der Waals surface area (Å²) < 4.78 is 4.89. The minimum absolute atomic E-state index is 0.123. The molecule has 1 aromatic carbocycles. The van der Waals surface area contributed by atoms with Crippen molar-refractivity contribution in [1.82, 2.24) is 4.98 Å². The number of aromatic nitrogens is 1. The second-order valence-corrected chi connectivity index (χ2v) is 4.12. The molecule has 17 heavy (non-hydrogen) atoms. The van der Waals surface area contributed by atoms with Crippen molar-refractivity contribution >= 4 is 16.9 Å². The molecule has 0 aliphatic heterocycles. The minimum Gasteiger partial charge on any atom is -0.408 e. The fourth-order valence-electron chi connectivity index (χ4n) is 1.73. The van der Waals surface area contributed by atoms with E-state index in [0.717, 1.165) is 5.56 Å². The molecule has 0 saturated heterocycles. The highest BCUT2D eigenvalue weighted by Gasteiger charge is 2.09. The number of fused-ring (bicyclic) bond motifs is 1. The molecule has 0 aliphatic rings. The van der Waals surface area contributed by atoms with Crippen LogP contribution in [0.4, 0.5) is 0 Å². The maximum atomic E-state index is 11.0. The Morgan fingerprint density at radius 3 is 3.00 bits per heavy atom. The molecule has 0 aliphatic carbocycles. The van der Waals surface area contributed by atoms with E-state index in [-0.39, 0.29) is 11.8 Å². The first-order valence-corrected chi connectivity index (χ1v) is 5.44. The third kappa shape index (κ3) is 2.62. The average molecular weight is 234 g/mol. The maximum Gasteiger partial charge on any atom is 0.417 e. The monoisotopic (exact) mass is 234 g/mol. The summed E-state index contributed by atoms with van der Waals surface area (Å²) in [6, 6.07) is 5.09. The van der Waals surface area contributed by atoms with Crippen molar-refractivity contribution in [1.29, 1.82) is 0 Å². The molecule has 1 atom stereocenters. The number of H-pyrrole nitrogens is 1. The number of benzene rings is 1. The van der Waals surface area contributed by atoms with Crippen LogP contribution in [0.15, 0.2) is 27.4 Å². The molecule has 0 radical (unpaired) electrons. The summed E-state index contributed by atoms with van der Waals surface area (Å²) in [7, 11) is 0. The molecular formula is C12H14N2O3. The fourth-order valence-corrected chi connectivity index (χ4v) is 1.73. The van der Waals surface area contributed by atoms with E-state index in [4.69, 9.17) is 10.2 Å². The van der Waals surface area contributed by atoms with E-state index in [1.807, 2.05) is 6.07 Å². The van der Waals surface area contributed by atoms with Crippen LogP contribution >= 0.6 is 0 Å². The van der Waals surface area contributed by atoms with E-state index in [9.17, 15) is 9.59 Å². The number of nitrogens with two attached hydrogens (primary N) is 1. The summed E-state index contributed by atoms with van der Waals surface area (Å²) in [5.74, 6) is -0.354. The third-order valence-corrected chi connectivity index (χ3v) is 2.68. The van der Waals surface area contributed by atoms with Crippen molar-refractivity contribution in [3.8, 4) is 0 Å². The Labute approximate surface area is 97.6 Å². The van der Waals surface area contributed by atoms with Gasteiger partial charge in [0.1, 0.15) is 5.78 Å². The van der Waals surface area contributed by atoms with E-state index in [1.165, 1.54) is 0 Å². The molecule has 5 nitrogen and oxygen atoms in total. The number of aromatic amines is 1. The Hall–Kier alpha value is -1.88. The molecule has 2 rings (SSSR count). The van der Waals surface area contributed by atoms with Crippen LogP contribution in [-0.4, -0.2) is 10.8 Å². The summed E-state index contributed by atoms with van der Waals surface area (Å²) in [6.45, 7) is 1.55. The van der Waals surface area contributed by atoms with E-state index in [1.54, 1.807) is 19.1 Å². The van der Waals surface area contributed by atoms with Gasteiger partial charge in [-0.3, -0.25) is 4.98 Å². The van der Waals surface area contributed by atoms with E-state index >= 15 is 0 Å². The SMILES string of the molecule is CC(=O)CCC(N)c1ccc2oc(=O)[nH]c2c1. The predicted molar refractivity (Wildman–Crippen MR) is 63.7 cm³/mol. The van der Waals surface area contributed by atoms with Crippen molar-refractivity contribution in [2.75, 3.05) is 0 Å². The zero-order chi connectivity index (χ0) is 12.4. The highest BCUT2D eigenvalue weighted by molar-refractivity contribution is 5.75. The van der Waals surface area contributed by atoms with Crippen LogP contribution in [0.2, 0.25) is 0 Å². The van der Waals surface area contributed by atoms with E-state index < -0.39 is 5.76 Å². The number of rotatable bonds is 4. The lowest BCUT2D eigenvalue weighted by Gasteiger charge is -2.10. The molecule has 0 spiro atoms. The van der Waals surface area contributed by atoms with Crippen molar-refractivity contribution < 1.29 is 9.21 Å². The zero-order valence-electron chi connectivity index (χ0n) is 9.53. The first-order chi connectivity index (χ1) is 8.06. The maximum absolute atomic E-state index is 11.0. The van der Waals surface area contributed by atoms with Crippen LogP contribution in [0.25, 0.3) is 11.1 Å². The Morgan fingerprint density at radius 2 is 2.29 bits per heavy atom. The van der Waals surface area contributed by atoms with Gasteiger partial charge in [0.2, 0.25) is 0 Å². The summed E-state index contributed by atoms with van der Waals surface area (Å²) >= 11 is 0. The number of Topliss-reactive ketones (excluding diaryl/α,β-unsaturated/α-hetero) is 1. The first-order valence-electron chi connectivity index (χ1n) is 5.44. The Balaban J connectivity index is 2.23. The van der Waals surface area contributed by atoms with Gasteiger partial charge in [0.25, 0.3) is 0 Å². The lowest BCUT2D eigenvalue weighted by molar-refractivity contribution is -0.117. The Kier molecular flexibility index (Phi) is 3.10. The van der Waals surface area contributed by atoms with Crippen LogP contribution in [-0.2, 0) is 4.79 Å². The highest BCUT2D eigenvalue weighted by atomic mass is 16.4. The van der Waals surface area contributed by atoms with Crippen LogP contribution in [0.3, 0.4) is 0 Å². The molecule has 0 saturated carbocycles. The number of ketones is 1. The Bertz CT molecular complexity index is 597. The van der Waals surface area contributed by atoms with Gasteiger partial charge in [0, 0.05) is 12.5 Å². The number of nitrogens with one attached hydrogen (secondary N) is 1. The standard InChI is InChI=1S/C12H14N2O3/c1-7(15)2-4-9(13)8-3-5-11-10(6-8)14-12(16)17-11/h3,5-6,9H,2,4,13H2,1H3,(H,14,16). The van der Waals surface area contributed by atoms with Gasteiger partial charge < -0.3 is 14.9 Å². The summed E-state index contributed by atoms with van der Waals surface area (Å²) in [6.07, 6.45) is 1.06. The van der Waals surface area contributed by atoms with Crippen molar-refractivity contribution in [2.24, 2.45) is 5.73 Å². The van der Waals surface area contributed by atoms with E-state index in [0.29, 0.717) is 23.9 Å². The fraction of sp³-hybridized carbons (Fsp3) is 0.333. The van der Waals surface area contributed by atoms with Gasteiger partial charge in [0.05, 0.1) is 5.52 Å². The second-order valence-electron chi connectivity index (χ2n) is 4.12. The summed E-state index contributed by atoms with van der Waals surface area (Å²) in [4.78, 5) is 24.4. The molecule has 1 aromatic heterocycles. The lowest BCUT2D eigenvalue weighted by atomic mass is 10.0. The Morgan fingerprint density at radius 1 is 1.53 bits per heavy atom. The van der Waals surface area contributed by atoms with Gasteiger partial charge >= 0.3 is 5.76 Å². The average Bonchev–Trinajstić information content (AvgIpc) is 2.64. The number of oxazole rings is 1. The normalized spacial score (nSPS) is 12.8. The molecule has 1 unspecified atom stereocenters. The number of hydrogen-bond donors (Lipinski definition) is 2. The van der Waals surface area contributed by atoms with E-state index in [2.05, 4.69) is 4.98 Å². The van der Waals surface area contributed by atoms with Gasteiger partial charge in [-0.1, -0.05) is 6.07 Å². The molecule has 5 heteroatoms. The quantitative estimate of drug-likeness (QED) is 0.838. The van der Waals surface area contributed by atoms with Crippen LogP contribution in [0.5, 0.6) is 0 Å². The molecule has 3 N–H and O–H groups in total. The van der Waals surface area contributed by atoms with Crippen molar-refractivity contribution in [3.63, 3.8) is 0 Å². The van der Waals surface area contributed by atoms with Crippen molar-refractivity contribution in [3.05, 3.63) is 34.3 Å². The number of hydrogen-bond acceptors (Lipinski definition) is 4. The smallest absolute Gasteiger partial charge is 0.408 e. The molecule has 0 fully saturated rings. The zero-order valence-corrected chi connectivity index (χ0v) is 9.53. The first kappa shape index (κ1) is 11.6. The molecule has 0 amide bonds. The molecule has 1 heterocycles. The topological polar surface area (TPSA) is 89.1 Å². The minimum atomic E-state index is -0.477. The van der Waals surface area contributed by atoms with Crippen molar-refractivity contribution in [2.45, 2.75) is 25.8 Å². The van der Waals surface area contributed by atoms with Gasteiger partial charge in [-0.15, -0.1) is 0 Å². The molecule has 0 bridgehead atoms. The predicted octanol–water partition coefficient (Wildman–Crippen LogP) is 1.49. The highest BCUT2D eigenvalue weighted by Crippen LogP contribution is 2.20. The number of carbonyl (C=O) groups is 1. The van der Waals surface area contributed by atoms with Gasteiger partial charge in [-0.05, 0) is 31.0 Å². The summed E-state index contributed by atoms with van der Waals surface area (Å²) in [5.41, 5.74) is 7.99. The molecule has 2 aromatic rings. The van der Waals surface area contributed by atoms with Crippen LogP contribution in [0, 0.1) is 0 Å². The van der Waals surface area contributed by atoms with Gasteiger partial charge in [-0.25, -0.2) is 4.79 Å². The second kappa shape index (κ2) is 4.55. The summed E-state index contributed by atoms with van der Waals surface area (Å²) in [5, 5.41) is 0. The third-order valence-electron chi connectivity index (χ3n) is 2.68. The van der Waals surface area contributed by atoms with Gasteiger partial charge in [-0.2, -0.15) is 0 Å². The van der Waals surface area contributed by atoms with Crippen LogP contribution in [0.1, 0.15) is 31.4 Å².